The summed E-state index contributed by atoms with van der Waals surface area (Å²) in [6, 6.07) is 0. The van der Waals surface area contributed by atoms with E-state index in [9.17, 15) is 8.42 Å². The summed E-state index contributed by atoms with van der Waals surface area (Å²) >= 11 is 0. The van der Waals surface area contributed by atoms with E-state index in [4.69, 9.17) is 0 Å². The Hall–Kier alpha value is -0.0900. The third-order valence-corrected chi connectivity index (χ3v) is 4.58. The van der Waals surface area contributed by atoms with Gasteiger partial charge in [-0.1, -0.05) is 34.1 Å². The van der Waals surface area contributed by atoms with Crippen molar-refractivity contribution in [2.24, 2.45) is 11.8 Å². The van der Waals surface area contributed by atoms with E-state index >= 15 is 0 Å². The van der Waals surface area contributed by atoms with E-state index in [2.05, 4.69) is 26.1 Å². The topological polar surface area (TPSA) is 46.2 Å². The maximum absolute atomic E-state index is 11.4. The zero-order valence-corrected chi connectivity index (χ0v) is 11.9. The molecule has 0 radical (unpaired) electrons. The molecule has 0 aliphatic rings. The third-order valence-electron chi connectivity index (χ3n) is 2.84. The first kappa shape index (κ1) is 15.9. The van der Waals surface area contributed by atoms with E-state index in [0.717, 1.165) is 25.9 Å². The lowest BCUT2D eigenvalue weighted by atomic mass is 10.0. The predicted molar refractivity (Wildman–Crippen MR) is 70.4 cm³/mol. The van der Waals surface area contributed by atoms with Crippen molar-refractivity contribution in [1.82, 2.24) is 5.32 Å². The Labute approximate surface area is 101 Å². The van der Waals surface area contributed by atoms with Gasteiger partial charge in [-0.3, -0.25) is 0 Å². The Balaban J connectivity index is 3.84. The Kier molecular flexibility index (Phi) is 8.02. The Morgan fingerprint density at radius 2 is 1.75 bits per heavy atom. The normalized spacial score (nSPS) is 14.3. The summed E-state index contributed by atoms with van der Waals surface area (Å²) in [5.74, 6) is 1.74. The van der Waals surface area contributed by atoms with E-state index in [-0.39, 0.29) is 5.75 Å². The van der Waals surface area contributed by atoms with E-state index < -0.39 is 9.84 Å². The first-order valence-corrected chi connectivity index (χ1v) is 8.14. The summed E-state index contributed by atoms with van der Waals surface area (Å²) in [6.07, 6.45) is 1.84. The molecule has 1 unspecified atom stereocenters. The fraction of sp³-hybridized carbons (Fsp3) is 1.00. The number of nitrogens with one attached hydrogen (secondary N) is 1. The van der Waals surface area contributed by atoms with Crippen molar-refractivity contribution in [2.75, 3.05) is 24.6 Å². The number of rotatable bonds is 9. The number of hydrogen-bond donors (Lipinski definition) is 1. The van der Waals surface area contributed by atoms with E-state index in [1.807, 2.05) is 0 Å². The van der Waals surface area contributed by atoms with Crippen molar-refractivity contribution in [1.29, 1.82) is 0 Å². The standard InChI is InChI=1S/C12H27NO2S/c1-5-12(10-13-9-11(3)4)7-8-16(14,15)6-2/h11-13H,5-10H2,1-4H3. The molecule has 0 aromatic carbocycles. The molecule has 0 spiro atoms. The van der Waals surface area contributed by atoms with Gasteiger partial charge in [-0.2, -0.15) is 0 Å². The quantitative estimate of drug-likeness (QED) is 0.680. The maximum Gasteiger partial charge on any atom is 0.150 e. The summed E-state index contributed by atoms with van der Waals surface area (Å²) in [6.45, 7) is 10.1. The molecule has 0 aromatic rings. The molecule has 0 bridgehead atoms. The van der Waals surface area contributed by atoms with Gasteiger partial charge >= 0.3 is 0 Å². The van der Waals surface area contributed by atoms with Gasteiger partial charge in [0.25, 0.3) is 0 Å². The smallest absolute Gasteiger partial charge is 0.150 e. The van der Waals surface area contributed by atoms with Crippen LogP contribution in [-0.4, -0.2) is 33.0 Å². The minimum atomic E-state index is -2.79. The Bertz CT molecular complexity index is 260. The monoisotopic (exact) mass is 249 g/mol. The van der Waals surface area contributed by atoms with Crippen LogP contribution < -0.4 is 5.32 Å². The van der Waals surface area contributed by atoms with Gasteiger partial charge in [-0.25, -0.2) is 8.42 Å². The van der Waals surface area contributed by atoms with Crippen LogP contribution in [-0.2, 0) is 9.84 Å². The van der Waals surface area contributed by atoms with Gasteiger partial charge in [0, 0.05) is 5.75 Å². The molecule has 0 amide bonds. The van der Waals surface area contributed by atoms with Crippen LogP contribution >= 0.6 is 0 Å². The second kappa shape index (κ2) is 8.07. The highest BCUT2D eigenvalue weighted by Gasteiger charge is 2.12. The first-order chi connectivity index (χ1) is 7.41. The van der Waals surface area contributed by atoms with Gasteiger partial charge in [0.1, 0.15) is 9.84 Å². The van der Waals surface area contributed by atoms with Crippen molar-refractivity contribution < 1.29 is 8.42 Å². The van der Waals surface area contributed by atoms with Crippen LogP contribution in [0.15, 0.2) is 0 Å². The van der Waals surface area contributed by atoms with Gasteiger partial charge in [-0.15, -0.1) is 0 Å². The molecule has 4 heteroatoms. The summed E-state index contributed by atoms with van der Waals surface area (Å²) < 4.78 is 22.8. The summed E-state index contributed by atoms with van der Waals surface area (Å²) in [7, 11) is -2.79. The highest BCUT2D eigenvalue weighted by atomic mass is 32.2. The summed E-state index contributed by atoms with van der Waals surface area (Å²) in [4.78, 5) is 0. The van der Waals surface area contributed by atoms with Crippen molar-refractivity contribution in [3.05, 3.63) is 0 Å². The van der Waals surface area contributed by atoms with Crippen LogP contribution in [0.4, 0.5) is 0 Å². The van der Waals surface area contributed by atoms with Gasteiger partial charge < -0.3 is 5.32 Å². The number of hydrogen-bond acceptors (Lipinski definition) is 3. The largest absolute Gasteiger partial charge is 0.316 e. The van der Waals surface area contributed by atoms with Crippen molar-refractivity contribution >= 4 is 9.84 Å². The summed E-state index contributed by atoms with van der Waals surface area (Å²) in [5.41, 5.74) is 0. The first-order valence-electron chi connectivity index (χ1n) is 6.32. The highest BCUT2D eigenvalue weighted by Crippen LogP contribution is 2.09. The second-order valence-electron chi connectivity index (χ2n) is 4.85. The second-order valence-corrected chi connectivity index (χ2v) is 7.32. The molecule has 0 saturated heterocycles. The SMILES string of the molecule is CCC(CCS(=O)(=O)CC)CNCC(C)C. The lowest BCUT2D eigenvalue weighted by Gasteiger charge is -2.16. The Morgan fingerprint density at radius 1 is 1.12 bits per heavy atom. The van der Waals surface area contributed by atoms with Crippen LogP contribution in [0.1, 0.15) is 40.5 Å². The fourth-order valence-electron chi connectivity index (χ4n) is 1.52. The fourth-order valence-corrected chi connectivity index (χ4v) is 2.50. The molecule has 98 valence electrons. The molecule has 1 atom stereocenters. The predicted octanol–water partition coefficient (Wildman–Crippen LogP) is 2.08. The average Bonchev–Trinajstić information content (AvgIpc) is 2.22. The van der Waals surface area contributed by atoms with E-state index in [0.29, 0.717) is 17.6 Å². The average molecular weight is 249 g/mol. The highest BCUT2D eigenvalue weighted by molar-refractivity contribution is 7.91. The third kappa shape index (κ3) is 8.11. The molecule has 16 heavy (non-hydrogen) atoms. The maximum atomic E-state index is 11.4. The molecule has 1 N–H and O–H groups in total. The van der Waals surface area contributed by atoms with Crippen molar-refractivity contribution in [3.8, 4) is 0 Å². The van der Waals surface area contributed by atoms with Gasteiger partial charge in [0.2, 0.25) is 0 Å². The summed E-state index contributed by atoms with van der Waals surface area (Å²) in [5, 5.41) is 3.40. The van der Waals surface area contributed by atoms with Crippen molar-refractivity contribution in [2.45, 2.75) is 40.5 Å². The Morgan fingerprint density at radius 3 is 2.19 bits per heavy atom. The minimum Gasteiger partial charge on any atom is -0.316 e. The van der Waals surface area contributed by atoms with Crippen molar-refractivity contribution in [3.63, 3.8) is 0 Å². The van der Waals surface area contributed by atoms with Gasteiger partial charge in [0.15, 0.2) is 0 Å². The van der Waals surface area contributed by atoms with Crippen LogP contribution in [0.2, 0.25) is 0 Å². The molecule has 0 aliphatic heterocycles. The van der Waals surface area contributed by atoms with Crippen LogP contribution in [0.5, 0.6) is 0 Å². The minimum absolute atomic E-state index is 0.267. The molecular weight excluding hydrogens is 222 g/mol. The van der Waals surface area contributed by atoms with Gasteiger partial charge in [0.05, 0.1) is 5.75 Å². The van der Waals surface area contributed by atoms with Gasteiger partial charge in [-0.05, 0) is 31.3 Å². The van der Waals surface area contributed by atoms with Crippen LogP contribution in [0.3, 0.4) is 0 Å². The molecule has 0 saturated carbocycles. The molecule has 0 rings (SSSR count). The molecule has 0 aromatic heterocycles. The van der Waals surface area contributed by atoms with E-state index in [1.165, 1.54) is 0 Å². The number of sulfone groups is 1. The molecular formula is C12H27NO2S. The zero-order chi connectivity index (χ0) is 12.6. The van der Waals surface area contributed by atoms with Crippen LogP contribution in [0.25, 0.3) is 0 Å². The van der Waals surface area contributed by atoms with E-state index in [1.54, 1.807) is 6.92 Å². The lowest BCUT2D eigenvalue weighted by molar-refractivity contribution is 0.429. The van der Waals surface area contributed by atoms with Crippen LogP contribution in [0, 0.1) is 11.8 Å². The molecule has 0 aliphatic carbocycles. The molecule has 0 heterocycles. The lowest BCUT2D eigenvalue weighted by Crippen LogP contribution is -2.27. The molecule has 0 fully saturated rings. The zero-order valence-electron chi connectivity index (χ0n) is 11.1. The molecule has 3 nitrogen and oxygen atoms in total.